The van der Waals surface area contributed by atoms with E-state index >= 15 is 0 Å². The molecule has 1 amide bonds. The first-order chi connectivity index (χ1) is 7.86. The highest BCUT2D eigenvalue weighted by molar-refractivity contribution is 8.02. The van der Waals surface area contributed by atoms with Gasteiger partial charge in [0.1, 0.15) is 0 Å². The topological polar surface area (TPSA) is 54.0 Å². The number of carbonyl (C=O) groups is 1. The molecule has 0 saturated carbocycles. The second-order valence-corrected chi connectivity index (χ2v) is 4.03. The number of allylic oxidation sites excluding steroid dienone is 2. The Kier molecular flexibility index (Phi) is 3.61. The van der Waals surface area contributed by atoms with Gasteiger partial charge in [-0.3, -0.25) is 9.78 Å². The Labute approximate surface area is 98.0 Å². The second-order valence-electron chi connectivity index (χ2n) is 3.15. The molecule has 1 aromatic heterocycles. The standard InChI is InChI=1S/C11H11N3OS/c15-11(10-4-2-6-14-16-10)13-8-9-3-1-5-12-7-9/h1-7,14H,8H2,(H,13,15). The van der Waals surface area contributed by atoms with E-state index < -0.39 is 0 Å². The summed E-state index contributed by atoms with van der Waals surface area (Å²) in [4.78, 5) is 16.3. The zero-order chi connectivity index (χ0) is 11.2. The molecule has 0 aromatic carbocycles. The van der Waals surface area contributed by atoms with Crippen molar-refractivity contribution in [1.82, 2.24) is 15.0 Å². The number of carbonyl (C=O) groups excluding carboxylic acids is 1. The number of pyridine rings is 1. The molecule has 4 nitrogen and oxygen atoms in total. The number of nitrogens with one attached hydrogen (secondary N) is 2. The highest BCUT2D eigenvalue weighted by Gasteiger charge is 2.10. The van der Waals surface area contributed by atoms with Crippen molar-refractivity contribution in [1.29, 1.82) is 0 Å². The van der Waals surface area contributed by atoms with Crippen LogP contribution >= 0.6 is 11.9 Å². The Morgan fingerprint density at radius 2 is 2.50 bits per heavy atom. The molecule has 0 aliphatic carbocycles. The van der Waals surface area contributed by atoms with Gasteiger partial charge in [-0.15, -0.1) is 0 Å². The number of nitrogens with zero attached hydrogens (tertiary/aromatic N) is 1. The largest absolute Gasteiger partial charge is 0.347 e. The van der Waals surface area contributed by atoms with E-state index in [2.05, 4.69) is 15.0 Å². The summed E-state index contributed by atoms with van der Waals surface area (Å²) < 4.78 is 2.91. The fourth-order valence-corrected chi connectivity index (χ4v) is 1.79. The fraction of sp³-hybridized carbons (Fsp3) is 0.0909. The Balaban J connectivity index is 1.89. The van der Waals surface area contributed by atoms with Gasteiger partial charge < -0.3 is 10.0 Å². The van der Waals surface area contributed by atoms with Crippen LogP contribution in [0.5, 0.6) is 0 Å². The summed E-state index contributed by atoms with van der Waals surface area (Å²) in [7, 11) is 0. The summed E-state index contributed by atoms with van der Waals surface area (Å²) in [5.74, 6) is -0.0781. The molecule has 0 saturated heterocycles. The van der Waals surface area contributed by atoms with Gasteiger partial charge in [-0.05, 0) is 35.7 Å². The van der Waals surface area contributed by atoms with E-state index in [0.29, 0.717) is 11.4 Å². The lowest BCUT2D eigenvalue weighted by atomic mass is 10.3. The van der Waals surface area contributed by atoms with Gasteiger partial charge >= 0.3 is 0 Å². The third-order valence-corrected chi connectivity index (χ3v) is 2.78. The molecular formula is C11H11N3OS. The van der Waals surface area contributed by atoms with Gasteiger partial charge in [0.25, 0.3) is 5.91 Å². The first-order valence-electron chi connectivity index (χ1n) is 4.82. The fourth-order valence-electron chi connectivity index (χ4n) is 1.20. The molecule has 5 heteroatoms. The zero-order valence-corrected chi connectivity index (χ0v) is 9.33. The minimum atomic E-state index is -0.0781. The first kappa shape index (κ1) is 10.8. The smallest absolute Gasteiger partial charge is 0.259 e. The summed E-state index contributed by atoms with van der Waals surface area (Å²) in [6, 6.07) is 3.77. The van der Waals surface area contributed by atoms with Crippen LogP contribution in [-0.2, 0) is 11.3 Å². The maximum Gasteiger partial charge on any atom is 0.259 e. The van der Waals surface area contributed by atoms with Crippen molar-refractivity contribution in [2.24, 2.45) is 0 Å². The molecule has 1 aliphatic heterocycles. The highest BCUT2D eigenvalue weighted by atomic mass is 32.2. The third kappa shape index (κ3) is 2.87. The van der Waals surface area contributed by atoms with Crippen molar-refractivity contribution >= 4 is 17.9 Å². The van der Waals surface area contributed by atoms with Crippen LogP contribution in [0.25, 0.3) is 0 Å². The Morgan fingerprint density at radius 1 is 1.56 bits per heavy atom. The van der Waals surface area contributed by atoms with Crippen molar-refractivity contribution < 1.29 is 4.79 Å². The first-order valence-corrected chi connectivity index (χ1v) is 5.64. The van der Waals surface area contributed by atoms with E-state index in [1.165, 1.54) is 11.9 Å². The average molecular weight is 233 g/mol. The lowest BCUT2D eigenvalue weighted by molar-refractivity contribution is -0.116. The molecule has 0 radical (unpaired) electrons. The lowest BCUT2D eigenvalue weighted by Gasteiger charge is -2.09. The van der Waals surface area contributed by atoms with Gasteiger partial charge in [0.15, 0.2) is 0 Å². The third-order valence-electron chi connectivity index (χ3n) is 1.98. The van der Waals surface area contributed by atoms with E-state index in [0.717, 1.165) is 5.56 Å². The van der Waals surface area contributed by atoms with Crippen LogP contribution in [0, 0.1) is 0 Å². The Hall–Kier alpha value is -1.75. The molecule has 0 atom stereocenters. The number of hydrogen-bond acceptors (Lipinski definition) is 4. The molecule has 2 N–H and O–H groups in total. The van der Waals surface area contributed by atoms with Gasteiger partial charge in [0.05, 0.1) is 4.91 Å². The molecule has 0 spiro atoms. The Bertz CT molecular complexity index is 428. The minimum Gasteiger partial charge on any atom is -0.347 e. The quantitative estimate of drug-likeness (QED) is 0.774. The van der Waals surface area contributed by atoms with Crippen LogP contribution in [0.2, 0.25) is 0 Å². The lowest BCUT2D eigenvalue weighted by Crippen LogP contribution is -2.24. The van der Waals surface area contributed by atoms with Crippen molar-refractivity contribution in [2.45, 2.75) is 6.54 Å². The van der Waals surface area contributed by atoms with Crippen LogP contribution in [0.3, 0.4) is 0 Å². The summed E-state index contributed by atoms with van der Waals surface area (Å²) >= 11 is 1.30. The minimum absolute atomic E-state index is 0.0781. The van der Waals surface area contributed by atoms with E-state index in [1.807, 2.05) is 12.1 Å². The van der Waals surface area contributed by atoms with Crippen LogP contribution in [0.1, 0.15) is 5.56 Å². The van der Waals surface area contributed by atoms with E-state index in [9.17, 15) is 4.79 Å². The predicted molar refractivity (Wildman–Crippen MR) is 64.0 cm³/mol. The summed E-state index contributed by atoms with van der Waals surface area (Å²) in [5, 5.41) is 2.83. The van der Waals surface area contributed by atoms with Crippen LogP contribution in [-0.4, -0.2) is 10.9 Å². The predicted octanol–water partition coefficient (Wildman–Crippen LogP) is 1.35. The zero-order valence-electron chi connectivity index (χ0n) is 8.51. The SMILES string of the molecule is O=C(NCc1cccnc1)C1=CC=CNS1. The monoisotopic (exact) mass is 233 g/mol. The maximum absolute atomic E-state index is 11.7. The van der Waals surface area contributed by atoms with Crippen molar-refractivity contribution in [3.63, 3.8) is 0 Å². The molecule has 1 aromatic rings. The van der Waals surface area contributed by atoms with Crippen molar-refractivity contribution in [3.8, 4) is 0 Å². The molecule has 16 heavy (non-hydrogen) atoms. The van der Waals surface area contributed by atoms with E-state index in [-0.39, 0.29) is 5.91 Å². The molecule has 1 aliphatic rings. The summed E-state index contributed by atoms with van der Waals surface area (Å²) in [5.41, 5.74) is 0.987. The highest BCUT2D eigenvalue weighted by Crippen LogP contribution is 2.15. The second kappa shape index (κ2) is 5.37. The number of amides is 1. The normalized spacial score (nSPS) is 13.9. The maximum atomic E-state index is 11.7. The molecule has 82 valence electrons. The summed E-state index contributed by atoms with van der Waals surface area (Å²) in [6.45, 7) is 0.494. The van der Waals surface area contributed by atoms with Crippen LogP contribution in [0.15, 0.2) is 47.8 Å². The van der Waals surface area contributed by atoms with Crippen LogP contribution < -0.4 is 10.0 Å². The van der Waals surface area contributed by atoms with Crippen LogP contribution in [0.4, 0.5) is 0 Å². The Morgan fingerprint density at radius 3 is 3.19 bits per heavy atom. The van der Waals surface area contributed by atoms with Gasteiger partial charge in [-0.25, -0.2) is 0 Å². The summed E-state index contributed by atoms with van der Waals surface area (Å²) in [6.07, 6.45) is 8.80. The van der Waals surface area contributed by atoms with Gasteiger partial charge in [0.2, 0.25) is 0 Å². The van der Waals surface area contributed by atoms with Crippen molar-refractivity contribution in [2.75, 3.05) is 0 Å². The number of hydrogen-bond donors (Lipinski definition) is 2. The van der Waals surface area contributed by atoms with E-state index in [4.69, 9.17) is 0 Å². The molecule has 0 bridgehead atoms. The van der Waals surface area contributed by atoms with E-state index in [1.54, 1.807) is 30.7 Å². The van der Waals surface area contributed by atoms with Gasteiger partial charge in [-0.2, -0.15) is 0 Å². The molecule has 2 rings (SSSR count). The van der Waals surface area contributed by atoms with Gasteiger partial charge in [0, 0.05) is 25.1 Å². The number of aromatic nitrogens is 1. The molecule has 0 fully saturated rings. The molecule has 2 heterocycles. The number of rotatable bonds is 3. The average Bonchev–Trinajstić information content (AvgIpc) is 2.38. The molecular weight excluding hydrogens is 222 g/mol. The van der Waals surface area contributed by atoms with Crippen molar-refractivity contribution in [3.05, 3.63) is 53.3 Å². The van der Waals surface area contributed by atoms with Gasteiger partial charge in [-0.1, -0.05) is 6.07 Å². The molecule has 0 unspecified atom stereocenters.